The number of rotatable bonds is 14. The zero-order valence-electron chi connectivity index (χ0n) is 34.2. The largest absolute Gasteiger partial charge is 0.478 e. The van der Waals surface area contributed by atoms with Gasteiger partial charge in [0.25, 0.3) is 0 Å². The van der Waals surface area contributed by atoms with Gasteiger partial charge in [-0.1, -0.05) is 84.2 Å². The molecule has 4 N–H and O–H groups in total. The van der Waals surface area contributed by atoms with Crippen LogP contribution < -0.4 is 0 Å². The number of hydrogen-bond acceptors (Lipinski definition) is 14. The lowest BCUT2D eigenvalue weighted by atomic mass is 9.98. The van der Waals surface area contributed by atoms with Crippen molar-refractivity contribution in [3.05, 3.63) is 119 Å². The first-order valence-electron chi connectivity index (χ1n) is 20.8. The lowest BCUT2D eigenvalue weighted by Gasteiger charge is -2.36. The summed E-state index contributed by atoms with van der Waals surface area (Å²) in [6.45, 7) is 6.48. The van der Waals surface area contributed by atoms with Crippen molar-refractivity contribution in [2.75, 3.05) is 91.9 Å². The molecule has 62 heavy (non-hydrogen) atoms. The van der Waals surface area contributed by atoms with Crippen molar-refractivity contribution in [3.8, 4) is 0 Å². The van der Waals surface area contributed by atoms with E-state index in [-0.39, 0.29) is 13.2 Å². The molecule has 0 aliphatic carbocycles. The predicted molar refractivity (Wildman–Crippen MR) is 238 cm³/mol. The van der Waals surface area contributed by atoms with Gasteiger partial charge in [0, 0.05) is 96.2 Å². The Kier molecular flexibility index (Phi) is 14.4. The second kappa shape index (κ2) is 20.4. The summed E-state index contributed by atoms with van der Waals surface area (Å²) in [5.74, 6) is -1.42. The van der Waals surface area contributed by atoms with Crippen LogP contribution in [0.15, 0.2) is 138 Å². The van der Waals surface area contributed by atoms with Gasteiger partial charge in [0.15, 0.2) is 0 Å². The van der Waals surface area contributed by atoms with Gasteiger partial charge in [0.2, 0.25) is 0 Å². The number of carboxylic acid groups (broad SMARTS) is 2. The van der Waals surface area contributed by atoms with Gasteiger partial charge in [0.05, 0.1) is 48.9 Å². The van der Waals surface area contributed by atoms with Gasteiger partial charge < -0.3 is 39.7 Å². The monoisotopic (exact) mass is 878 g/mol. The van der Waals surface area contributed by atoms with Crippen LogP contribution in [-0.2, 0) is 19.1 Å². The minimum atomic E-state index is -1.78. The molecule has 4 aromatic carbocycles. The number of aliphatic carboxylic acids is 2. The second-order valence-corrected chi connectivity index (χ2v) is 17.4. The summed E-state index contributed by atoms with van der Waals surface area (Å²) in [6, 6.07) is 32.9. The minimum Gasteiger partial charge on any atom is -0.478 e. The van der Waals surface area contributed by atoms with Gasteiger partial charge in [-0.25, -0.2) is 19.6 Å². The summed E-state index contributed by atoms with van der Waals surface area (Å²) in [6.07, 6.45) is -3.57. The summed E-state index contributed by atoms with van der Waals surface area (Å²) < 4.78 is 11.4. The van der Waals surface area contributed by atoms with E-state index >= 15 is 0 Å². The number of aliphatic hydroxyl groups excluding tert-OH is 2. The molecular weight excluding hydrogens is 829 g/mol. The smallest absolute Gasteiger partial charge is 0.334 e. The predicted octanol–water partition coefficient (Wildman–Crippen LogP) is 4.93. The topological polar surface area (TPSA) is 171 Å². The highest BCUT2D eigenvalue weighted by Crippen LogP contribution is 2.42. The number of aliphatic imine (C=N–C) groups is 2. The summed E-state index contributed by atoms with van der Waals surface area (Å²) in [4.78, 5) is 48.3. The van der Waals surface area contributed by atoms with Crippen LogP contribution >= 0.6 is 23.5 Å². The van der Waals surface area contributed by atoms with Gasteiger partial charge in [-0.05, 0) is 36.4 Å². The lowest BCUT2D eigenvalue weighted by Crippen LogP contribution is -2.49. The van der Waals surface area contributed by atoms with Crippen LogP contribution in [0.25, 0.3) is 0 Å². The number of ether oxygens (including phenoxy) is 2. The van der Waals surface area contributed by atoms with Crippen molar-refractivity contribution in [3.63, 3.8) is 0 Å². The number of fused-ring (bicyclic) bond motifs is 4. The van der Waals surface area contributed by atoms with E-state index in [9.17, 15) is 30.0 Å². The van der Waals surface area contributed by atoms with Crippen LogP contribution in [0.3, 0.4) is 0 Å². The highest BCUT2D eigenvalue weighted by atomic mass is 32.2. The normalized spacial score (nSPS) is 18.1. The number of carboxylic acids is 2. The van der Waals surface area contributed by atoms with Crippen molar-refractivity contribution in [2.45, 2.75) is 31.8 Å². The van der Waals surface area contributed by atoms with E-state index in [0.717, 1.165) is 106 Å². The maximum absolute atomic E-state index is 12.3. The molecule has 0 spiro atoms. The molecule has 8 rings (SSSR count). The van der Waals surface area contributed by atoms with Crippen LogP contribution in [-0.4, -0.2) is 168 Å². The van der Waals surface area contributed by atoms with E-state index in [4.69, 9.17) is 19.5 Å². The quantitative estimate of drug-likeness (QED) is 0.0994. The Morgan fingerprint density at radius 2 is 0.887 bits per heavy atom. The van der Waals surface area contributed by atoms with Crippen molar-refractivity contribution in [2.24, 2.45) is 9.98 Å². The fourth-order valence-electron chi connectivity index (χ4n) is 8.01. The Morgan fingerprint density at radius 1 is 0.532 bits per heavy atom. The first-order valence-corrected chi connectivity index (χ1v) is 22.4. The fourth-order valence-corrected chi connectivity index (χ4v) is 10.0. The van der Waals surface area contributed by atoms with Crippen LogP contribution in [0.1, 0.15) is 11.1 Å². The summed E-state index contributed by atoms with van der Waals surface area (Å²) >= 11 is 3.44. The van der Waals surface area contributed by atoms with Gasteiger partial charge in [-0.2, -0.15) is 0 Å². The zero-order chi connectivity index (χ0) is 43.0. The Hall–Kier alpha value is -5.04. The van der Waals surface area contributed by atoms with Crippen LogP contribution in [0.5, 0.6) is 0 Å². The summed E-state index contributed by atoms with van der Waals surface area (Å²) in [7, 11) is 0. The van der Waals surface area contributed by atoms with Crippen LogP contribution in [0.2, 0.25) is 0 Å². The van der Waals surface area contributed by atoms with Crippen molar-refractivity contribution < 1.29 is 39.5 Å². The van der Waals surface area contributed by atoms with Crippen LogP contribution in [0, 0.1) is 0 Å². The third-order valence-electron chi connectivity index (χ3n) is 11.3. The van der Waals surface area contributed by atoms with E-state index in [1.54, 1.807) is 23.5 Å². The second-order valence-electron chi connectivity index (χ2n) is 15.3. The molecule has 14 nitrogen and oxygen atoms in total. The van der Waals surface area contributed by atoms with Crippen molar-refractivity contribution in [1.82, 2.24) is 19.6 Å². The number of para-hydroxylation sites is 2. The molecule has 0 amide bonds. The van der Waals surface area contributed by atoms with Gasteiger partial charge >= 0.3 is 11.9 Å². The Labute approximate surface area is 369 Å². The van der Waals surface area contributed by atoms with E-state index in [1.807, 2.05) is 60.7 Å². The summed E-state index contributed by atoms with van der Waals surface area (Å²) in [5, 5.41) is 41.7. The van der Waals surface area contributed by atoms with E-state index in [0.29, 0.717) is 13.1 Å². The van der Waals surface area contributed by atoms with Crippen LogP contribution in [0.4, 0.5) is 11.4 Å². The molecule has 2 atom stereocenters. The molecule has 324 valence electrons. The SMILES string of the molecule is O=C(O)/C(=C(/C(=O)O)C(O)COCCN1CCN(C2=Nc3ccccc3Sc3ccccc32)CC1)C(O)COCCN1CCN(C2=Nc3ccccc3Sc3ccccc32)CC1. The van der Waals surface area contributed by atoms with Gasteiger partial charge in [-0.3, -0.25) is 9.80 Å². The highest BCUT2D eigenvalue weighted by Gasteiger charge is 2.32. The van der Waals surface area contributed by atoms with E-state index in [1.165, 1.54) is 0 Å². The minimum absolute atomic E-state index is 0.189. The highest BCUT2D eigenvalue weighted by molar-refractivity contribution is 7.99. The average Bonchev–Trinajstić information content (AvgIpc) is 3.56. The third kappa shape index (κ3) is 10.2. The lowest BCUT2D eigenvalue weighted by molar-refractivity contribution is -0.138. The Balaban J connectivity index is 0.786. The first-order chi connectivity index (χ1) is 30.2. The molecular formula is C46H50N6O8S2. The number of piperazine rings is 2. The molecule has 0 bridgehead atoms. The molecule has 4 aliphatic heterocycles. The Bertz CT molecular complexity index is 2180. The molecule has 2 fully saturated rings. The molecule has 0 radical (unpaired) electrons. The molecule has 2 unspecified atom stereocenters. The van der Waals surface area contributed by atoms with E-state index < -0.39 is 48.5 Å². The molecule has 4 heterocycles. The van der Waals surface area contributed by atoms with Gasteiger partial charge in [-0.15, -0.1) is 0 Å². The third-order valence-corrected chi connectivity index (χ3v) is 13.6. The molecule has 4 aliphatic rings. The number of nitrogens with zero attached hydrogens (tertiary/aromatic N) is 6. The van der Waals surface area contributed by atoms with Gasteiger partial charge in [0.1, 0.15) is 23.9 Å². The number of hydrogen-bond donors (Lipinski definition) is 4. The first kappa shape index (κ1) is 43.6. The average molecular weight is 879 g/mol. The molecule has 2 saturated heterocycles. The fraction of sp³-hybridized carbons (Fsp3) is 0.348. The molecule has 0 saturated carbocycles. The number of amidine groups is 2. The molecule has 0 aromatic heterocycles. The summed E-state index contributed by atoms with van der Waals surface area (Å²) in [5.41, 5.74) is 2.43. The molecule has 16 heteroatoms. The maximum atomic E-state index is 12.3. The number of aliphatic hydroxyl groups is 2. The number of benzene rings is 4. The molecule has 4 aromatic rings. The zero-order valence-corrected chi connectivity index (χ0v) is 35.8. The van der Waals surface area contributed by atoms with Crippen molar-refractivity contribution >= 4 is 58.5 Å². The maximum Gasteiger partial charge on any atom is 0.334 e. The van der Waals surface area contributed by atoms with Crippen molar-refractivity contribution in [1.29, 1.82) is 0 Å². The van der Waals surface area contributed by atoms with E-state index in [2.05, 4.69) is 56.0 Å². The number of carbonyl (C=O) groups is 2. The Morgan fingerprint density at radius 3 is 1.27 bits per heavy atom. The standard InChI is InChI=1S/C46H50N6O8S2/c53-35(29-59-27-25-49-17-21-51(22-18-49)43-31-9-1-5-13-37(31)61-39-15-7-3-11-33(39)47-43)41(45(55)56)42(46(57)58)36(54)30-60-28-26-50-19-23-52(24-20-50)44-32-10-2-6-14-38(32)62-40-16-8-4-12-34(40)48-44/h1-16,35-36,53-54H,17-30H2,(H,55,56)(H,57,58)/b42-41+.